The van der Waals surface area contributed by atoms with Gasteiger partial charge in [-0.15, -0.1) is 0 Å². The Kier molecular flexibility index (Phi) is 4.99. The summed E-state index contributed by atoms with van der Waals surface area (Å²) in [6.45, 7) is 5.82. The molecule has 1 aromatic carbocycles. The Morgan fingerprint density at radius 3 is 2.74 bits per heavy atom. The zero-order valence-corrected chi connectivity index (χ0v) is 16.3. The number of nitriles is 2. The summed E-state index contributed by atoms with van der Waals surface area (Å²) in [7, 11) is 0. The van der Waals surface area contributed by atoms with E-state index < -0.39 is 22.5 Å². The molecule has 0 aliphatic carbocycles. The third-order valence-electron chi connectivity index (χ3n) is 5.13. The van der Waals surface area contributed by atoms with E-state index in [-0.39, 0.29) is 5.91 Å². The maximum absolute atomic E-state index is 13.0. The smallest absolute Gasteiger partial charge is 0.243 e. The molecule has 0 spiro atoms. The Bertz CT molecular complexity index is 923. The van der Waals surface area contributed by atoms with E-state index in [2.05, 4.69) is 11.4 Å². The number of allylic oxidation sites excluding steroid dienone is 1. The highest BCUT2D eigenvalue weighted by atomic mass is 32.2. The largest absolute Gasteiger partial charge is 0.319 e. The molecule has 0 fully saturated rings. The summed E-state index contributed by atoms with van der Waals surface area (Å²) < 4.78 is 0. The first kappa shape index (κ1) is 19.0. The van der Waals surface area contributed by atoms with Crippen LogP contribution in [0.4, 0.5) is 5.69 Å². The second-order valence-electron chi connectivity index (χ2n) is 7.22. The van der Waals surface area contributed by atoms with Crippen LogP contribution in [-0.2, 0) is 16.0 Å². The van der Waals surface area contributed by atoms with Gasteiger partial charge < -0.3 is 10.2 Å². The Morgan fingerprint density at radius 1 is 1.37 bits per heavy atom. The van der Waals surface area contributed by atoms with Crippen molar-refractivity contribution in [1.82, 2.24) is 5.32 Å². The highest BCUT2D eigenvalue weighted by molar-refractivity contribution is 8.04. The number of para-hydroxylation sites is 1. The molecule has 0 saturated carbocycles. The van der Waals surface area contributed by atoms with Crippen molar-refractivity contribution in [2.24, 2.45) is 11.3 Å². The van der Waals surface area contributed by atoms with Gasteiger partial charge in [-0.1, -0.05) is 43.8 Å². The number of hydrogen-bond acceptors (Lipinski definition) is 5. The van der Waals surface area contributed by atoms with Gasteiger partial charge >= 0.3 is 0 Å². The molecule has 2 aliphatic heterocycles. The van der Waals surface area contributed by atoms with Crippen molar-refractivity contribution in [1.29, 1.82) is 10.5 Å². The number of amides is 2. The maximum atomic E-state index is 13.0. The Balaban J connectivity index is 1.85. The molecular formula is C20H20N4O2S. The van der Waals surface area contributed by atoms with Crippen LogP contribution >= 0.6 is 11.8 Å². The van der Waals surface area contributed by atoms with Crippen molar-refractivity contribution in [3.63, 3.8) is 0 Å². The normalized spacial score (nSPS) is 21.7. The number of rotatable bonds is 3. The molecule has 0 bridgehead atoms. The molecule has 2 heterocycles. The highest BCUT2D eigenvalue weighted by Crippen LogP contribution is 2.43. The molecule has 6 nitrogen and oxygen atoms in total. The molecule has 2 atom stereocenters. The van der Waals surface area contributed by atoms with Crippen molar-refractivity contribution in [2.75, 3.05) is 11.4 Å². The fourth-order valence-electron chi connectivity index (χ4n) is 3.53. The molecular weight excluding hydrogens is 360 g/mol. The number of hydrogen-bond donors (Lipinski definition) is 1. The first-order valence-corrected chi connectivity index (χ1v) is 9.60. The number of nitrogens with zero attached hydrogens (tertiary/aromatic N) is 3. The molecule has 2 aliphatic rings. The van der Waals surface area contributed by atoms with Crippen LogP contribution in [0.2, 0.25) is 0 Å². The first-order valence-electron chi connectivity index (χ1n) is 8.72. The van der Waals surface area contributed by atoms with Gasteiger partial charge in [-0.2, -0.15) is 10.5 Å². The van der Waals surface area contributed by atoms with Crippen molar-refractivity contribution in [3.05, 3.63) is 40.4 Å². The van der Waals surface area contributed by atoms with Crippen molar-refractivity contribution in [2.45, 2.75) is 32.4 Å². The average Bonchev–Trinajstić information content (AvgIpc) is 3.04. The Morgan fingerprint density at radius 2 is 2.07 bits per heavy atom. The van der Waals surface area contributed by atoms with Crippen LogP contribution in [0, 0.1) is 34.0 Å². The summed E-state index contributed by atoms with van der Waals surface area (Å²) in [4.78, 5) is 27.0. The molecule has 2 unspecified atom stereocenters. The van der Waals surface area contributed by atoms with Gasteiger partial charge in [0.25, 0.3) is 0 Å². The molecule has 2 amide bonds. The summed E-state index contributed by atoms with van der Waals surface area (Å²) in [5, 5.41) is 21.4. The fraction of sp³-hybridized carbons (Fsp3) is 0.400. The maximum Gasteiger partial charge on any atom is 0.243 e. The first-order chi connectivity index (χ1) is 12.8. The second-order valence-corrected chi connectivity index (χ2v) is 8.57. The molecule has 138 valence electrons. The molecule has 0 aromatic heterocycles. The number of anilines is 1. The quantitative estimate of drug-likeness (QED) is 0.870. The minimum absolute atomic E-state index is 0.0656. The minimum Gasteiger partial charge on any atom is -0.319 e. The van der Waals surface area contributed by atoms with E-state index in [1.54, 1.807) is 25.7 Å². The SMILES string of the molecule is CC(SC1=C(C#N)C(C)(C)C(C#N)C(=O)N1)C(=O)N1CCc2ccccc21. The van der Waals surface area contributed by atoms with Gasteiger partial charge in [0.2, 0.25) is 11.8 Å². The van der Waals surface area contributed by atoms with Crippen LogP contribution < -0.4 is 10.2 Å². The van der Waals surface area contributed by atoms with Crippen LogP contribution in [0.3, 0.4) is 0 Å². The number of carbonyl (C=O) groups excluding carboxylic acids is 2. The third-order valence-corrected chi connectivity index (χ3v) is 6.23. The number of benzene rings is 1. The van der Waals surface area contributed by atoms with E-state index in [0.717, 1.165) is 17.7 Å². The summed E-state index contributed by atoms with van der Waals surface area (Å²) in [5.74, 6) is -1.44. The fourth-order valence-corrected chi connectivity index (χ4v) is 4.70. The van der Waals surface area contributed by atoms with Crippen LogP contribution in [-0.4, -0.2) is 23.6 Å². The molecule has 1 N–H and O–H groups in total. The van der Waals surface area contributed by atoms with E-state index >= 15 is 0 Å². The van der Waals surface area contributed by atoms with Crippen molar-refractivity contribution >= 4 is 29.3 Å². The molecule has 27 heavy (non-hydrogen) atoms. The monoisotopic (exact) mass is 380 g/mol. The molecule has 7 heteroatoms. The van der Waals surface area contributed by atoms with E-state index in [0.29, 0.717) is 17.1 Å². The lowest BCUT2D eigenvalue weighted by Crippen LogP contribution is -2.45. The lowest BCUT2D eigenvalue weighted by Gasteiger charge is -2.35. The Hall–Kier alpha value is -2.77. The van der Waals surface area contributed by atoms with E-state index in [1.165, 1.54) is 11.8 Å². The standard InChI is InChI=1S/C20H20N4O2S/c1-12(19(26)24-9-8-13-6-4-5-7-16(13)24)27-18-15(11-22)20(2,3)14(10-21)17(25)23-18/h4-7,12,14H,8-9H2,1-3H3,(H,23,25). The number of carbonyl (C=O) groups is 2. The molecule has 0 saturated heterocycles. The van der Waals surface area contributed by atoms with E-state index in [4.69, 9.17) is 0 Å². The van der Waals surface area contributed by atoms with Crippen LogP contribution in [0.25, 0.3) is 0 Å². The molecule has 3 rings (SSSR count). The predicted octanol–water partition coefficient (Wildman–Crippen LogP) is 2.73. The topological polar surface area (TPSA) is 97.0 Å². The van der Waals surface area contributed by atoms with Gasteiger partial charge in [-0.05, 0) is 25.0 Å². The highest BCUT2D eigenvalue weighted by Gasteiger charge is 2.45. The van der Waals surface area contributed by atoms with Gasteiger partial charge in [-0.25, -0.2) is 0 Å². The van der Waals surface area contributed by atoms with Gasteiger partial charge in [0.1, 0.15) is 5.92 Å². The second kappa shape index (κ2) is 7.09. The van der Waals surface area contributed by atoms with Gasteiger partial charge in [0.15, 0.2) is 0 Å². The third kappa shape index (κ3) is 3.20. The molecule has 0 radical (unpaired) electrons. The summed E-state index contributed by atoms with van der Waals surface area (Å²) in [5.41, 5.74) is 1.49. The van der Waals surface area contributed by atoms with Gasteiger partial charge in [0.05, 0.1) is 28.0 Å². The number of thioether (sulfide) groups is 1. The van der Waals surface area contributed by atoms with Crippen LogP contribution in [0.5, 0.6) is 0 Å². The summed E-state index contributed by atoms with van der Waals surface area (Å²) in [6, 6.07) is 11.9. The average molecular weight is 380 g/mol. The number of fused-ring (bicyclic) bond motifs is 1. The summed E-state index contributed by atoms with van der Waals surface area (Å²) in [6.07, 6.45) is 0.819. The zero-order valence-electron chi connectivity index (χ0n) is 15.4. The molecule has 1 aromatic rings. The van der Waals surface area contributed by atoms with E-state index in [9.17, 15) is 20.1 Å². The van der Waals surface area contributed by atoms with Gasteiger partial charge in [0, 0.05) is 17.6 Å². The lowest BCUT2D eigenvalue weighted by molar-refractivity contribution is -0.125. The zero-order chi connectivity index (χ0) is 19.8. The van der Waals surface area contributed by atoms with Crippen LogP contribution in [0.15, 0.2) is 34.9 Å². The Labute approximate surface area is 162 Å². The minimum atomic E-state index is -0.937. The number of nitrogens with one attached hydrogen (secondary N) is 1. The van der Waals surface area contributed by atoms with Gasteiger partial charge in [-0.3, -0.25) is 9.59 Å². The van der Waals surface area contributed by atoms with E-state index in [1.807, 2.05) is 30.3 Å². The summed E-state index contributed by atoms with van der Waals surface area (Å²) >= 11 is 1.17. The lowest BCUT2D eigenvalue weighted by atomic mass is 9.72. The predicted molar refractivity (Wildman–Crippen MR) is 103 cm³/mol. The van der Waals surface area contributed by atoms with Crippen molar-refractivity contribution in [3.8, 4) is 12.1 Å². The van der Waals surface area contributed by atoms with Crippen molar-refractivity contribution < 1.29 is 9.59 Å². The van der Waals surface area contributed by atoms with Crippen LogP contribution in [0.1, 0.15) is 26.3 Å².